The van der Waals surface area contributed by atoms with Crippen molar-refractivity contribution in [3.63, 3.8) is 0 Å². The van der Waals surface area contributed by atoms with E-state index < -0.39 is 0 Å². The standard InChI is InChI=1S/C23H22BrNO2/c1-2-15-6-12-18(13-7-15)25-20-4-3-5-21(26)23(20)19(14-22(25)27)16-8-10-17(24)11-9-16/h6-13,19H,2-5,14H2,1H3. The highest BCUT2D eigenvalue weighted by Crippen LogP contribution is 2.43. The van der Waals surface area contributed by atoms with Gasteiger partial charge in [0.05, 0.1) is 0 Å². The fourth-order valence-corrected chi connectivity index (χ4v) is 4.42. The third-order valence-electron chi connectivity index (χ3n) is 5.55. The van der Waals surface area contributed by atoms with Crippen LogP contribution in [0.25, 0.3) is 0 Å². The number of carbonyl (C=O) groups excluding carboxylic acids is 2. The summed E-state index contributed by atoms with van der Waals surface area (Å²) in [5.74, 6) is 0.118. The van der Waals surface area contributed by atoms with Crippen molar-refractivity contribution in [3.05, 3.63) is 75.4 Å². The Bertz CT molecular complexity index is 912. The van der Waals surface area contributed by atoms with E-state index in [-0.39, 0.29) is 17.6 Å². The molecular formula is C23H22BrNO2. The summed E-state index contributed by atoms with van der Waals surface area (Å²) in [5.41, 5.74) is 4.89. The first-order valence-corrected chi connectivity index (χ1v) is 10.3. The summed E-state index contributed by atoms with van der Waals surface area (Å²) in [7, 11) is 0. The van der Waals surface area contributed by atoms with Crippen molar-refractivity contribution in [2.24, 2.45) is 0 Å². The van der Waals surface area contributed by atoms with Crippen LogP contribution in [0.1, 0.15) is 49.7 Å². The summed E-state index contributed by atoms with van der Waals surface area (Å²) in [6.45, 7) is 2.12. The van der Waals surface area contributed by atoms with Crippen molar-refractivity contribution in [2.75, 3.05) is 4.90 Å². The van der Waals surface area contributed by atoms with Crippen LogP contribution in [0.2, 0.25) is 0 Å². The Hall–Kier alpha value is -2.20. The van der Waals surface area contributed by atoms with Gasteiger partial charge in [-0.05, 0) is 54.7 Å². The van der Waals surface area contributed by atoms with Crippen molar-refractivity contribution >= 4 is 33.3 Å². The van der Waals surface area contributed by atoms with Crippen LogP contribution in [-0.2, 0) is 16.0 Å². The molecule has 0 bridgehead atoms. The predicted octanol–water partition coefficient (Wildman–Crippen LogP) is 5.54. The number of hydrogen-bond donors (Lipinski definition) is 0. The highest BCUT2D eigenvalue weighted by molar-refractivity contribution is 9.10. The van der Waals surface area contributed by atoms with Gasteiger partial charge in [-0.2, -0.15) is 0 Å². The first-order valence-electron chi connectivity index (χ1n) is 9.52. The minimum absolute atomic E-state index is 0.0700. The monoisotopic (exact) mass is 423 g/mol. The molecule has 1 amide bonds. The van der Waals surface area contributed by atoms with E-state index in [2.05, 4.69) is 35.0 Å². The van der Waals surface area contributed by atoms with E-state index in [1.54, 1.807) is 4.90 Å². The molecule has 0 aromatic heterocycles. The lowest BCUT2D eigenvalue weighted by Gasteiger charge is -2.38. The SMILES string of the molecule is CCc1ccc(N2C(=O)CC(c3ccc(Br)cc3)C3=C2CCCC3=O)cc1. The van der Waals surface area contributed by atoms with Gasteiger partial charge in [0.25, 0.3) is 0 Å². The molecule has 0 spiro atoms. The summed E-state index contributed by atoms with van der Waals surface area (Å²) in [5, 5.41) is 0. The van der Waals surface area contributed by atoms with Crippen molar-refractivity contribution in [1.82, 2.24) is 0 Å². The molecule has 1 aliphatic carbocycles. The van der Waals surface area contributed by atoms with E-state index >= 15 is 0 Å². The van der Waals surface area contributed by atoms with E-state index in [0.717, 1.165) is 46.3 Å². The third-order valence-corrected chi connectivity index (χ3v) is 6.08. The number of aryl methyl sites for hydroxylation is 1. The first-order chi connectivity index (χ1) is 13.1. The van der Waals surface area contributed by atoms with Crippen molar-refractivity contribution in [2.45, 2.75) is 44.9 Å². The highest BCUT2D eigenvalue weighted by Gasteiger charge is 2.39. The van der Waals surface area contributed by atoms with Crippen LogP contribution in [0.15, 0.2) is 64.3 Å². The molecule has 1 atom stereocenters. The molecular weight excluding hydrogens is 402 g/mol. The average molecular weight is 424 g/mol. The number of anilines is 1. The molecule has 2 aliphatic rings. The number of nitrogens with zero attached hydrogens (tertiary/aromatic N) is 1. The third kappa shape index (κ3) is 3.39. The van der Waals surface area contributed by atoms with Crippen molar-refractivity contribution in [1.29, 1.82) is 0 Å². The normalized spacial score (nSPS) is 20.1. The minimum atomic E-state index is -0.139. The van der Waals surface area contributed by atoms with E-state index in [0.29, 0.717) is 12.8 Å². The molecule has 4 heteroatoms. The number of carbonyl (C=O) groups is 2. The molecule has 4 rings (SSSR count). The molecule has 2 aromatic carbocycles. The lowest BCUT2D eigenvalue weighted by Crippen LogP contribution is -2.40. The van der Waals surface area contributed by atoms with E-state index in [4.69, 9.17) is 0 Å². The fourth-order valence-electron chi connectivity index (χ4n) is 4.15. The molecule has 1 unspecified atom stereocenters. The maximum absolute atomic E-state index is 13.1. The average Bonchev–Trinajstić information content (AvgIpc) is 2.68. The molecule has 27 heavy (non-hydrogen) atoms. The number of ketones is 1. The molecule has 0 saturated carbocycles. The van der Waals surface area contributed by atoms with Gasteiger partial charge in [0.15, 0.2) is 5.78 Å². The molecule has 1 aliphatic heterocycles. The number of amides is 1. The van der Waals surface area contributed by atoms with Gasteiger partial charge in [0.1, 0.15) is 0 Å². The van der Waals surface area contributed by atoms with Gasteiger partial charge in [-0.1, -0.05) is 47.1 Å². The van der Waals surface area contributed by atoms with Gasteiger partial charge in [-0.25, -0.2) is 0 Å². The van der Waals surface area contributed by atoms with Crippen LogP contribution in [0, 0.1) is 0 Å². The minimum Gasteiger partial charge on any atom is -0.294 e. The number of benzene rings is 2. The Morgan fingerprint density at radius 2 is 1.70 bits per heavy atom. The second-order valence-electron chi connectivity index (χ2n) is 7.19. The zero-order valence-electron chi connectivity index (χ0n) is 15.4. The highest BCUT2D eigenvalue weighted by atomic mass is 79.9. The molecule has 0 N–H and O–H groups in total. The quantitative estimate of drug-likeness (QED) is 0.649. The van der Waals surface area contributed by atoms with Crippen LogP contribution < -0.4 is 4.90 Å². The first kappa shape index (κ1) is 18.2. The van der Waals surface area contributed by atoms with Gasteiger partial charge < -0.3 is 0 Å². The Morgan fingerprint density at radius 1 is 1.00 bits per heavy atom. The fraction of sp³-hybridized carbons (Fsp3) is 0.304. The van der Waals surface area contributed by atoms with Crippen LogP contribution in [-0.4, -0.2) is 11.7 Å². The second kappa shape index (κ2) is 7.43. The Morgan fingerprint density at radius 3 is 2.37 bits per heavy atom. The largest absolute Gasteiger partial charge is 0.294 e. The topological polar surface area (TPSA) is 37.4 Å². The maximum atomic E-state index is 13.1. The van der Waals surface area contributed by atoms with Gasteiger partial charge >= 0.3 is 0 Å². The smallest absolute Gasteiger partial charge is 0.232 e. The number of halogens is 1. The lowest BCUT2D eigenvalue weighted by molar-refractivity contribution is -0.119. The Labute approximate surface area is 168 Å². The summed E-state index contributed by atoms with van der Waals surface area (Å²) in [4.78, 5) is 27.8. The van der Waals surface area contributed by atoms with Gasteiger partial charge in [0.2, 0.25) is 5.91 Å². The lowest BCUT2D eigenvalue weighted by atomic mass is 9.77. The summed E-state index contributed by atoms with van der Waals surface area (Å²) in [6.07, 6.45) is 3.45. The number of Topliss-reactive ketones (excluding diaryl/α,β-unsaturated/α-hetero) is 1. The number of allylic oxidation sites excluding steroid dienone is 2. The molecule has 138 valence electrons. The van der Waals surface area contributed by atoms with Crippen LogP contribution in [0.4, 0.5) is 5.69 Å². The van der Waals surface area contributed by atoms with E-state index in [1.165, 1.54) is 5.56 Å². The number of rotatable bonds is 3. The Balaban J connectivity index is 1.81. The van der Waals surface area contributed by atoms with Crippen LogP contribution in [0.3, 0.4) is 0 Å². The van der Waals surface area contributed by atoms with Crippen molar-refractivity contribution in [3.8, 4) is 0 Å². The Kier molecular flexibility index (Phi) is 5.00. The summed E-state index contributed by atoms with van der Waals surface area (Å²) >= 11 is 3.46. The van der Waals surface area contributed by atoms with Crippen LogP contribution in [0.5, 0.6) is 0 Å². The zero-order chi connectivity index (χ0) is 19.0. The van der Waals surface area contributed by atoms with Gasteiger partial charge in [-0.3, -0.25) is 14.5 Å². The summed E-state index contributed by atoms with van der Waals surface area (Å²) in [6, 6.07) is 16.1. The van der Waals surface area contributed by atoms with Crippen LogP contribution >= 0.6 is 15.9 Å². The van der Waals surface area contributed by atoms with E-state index in [9.17, 15) is 9.59 Å². The molecule has 0 radical (unpaired) electrons. The maximum Gasteiger partial charge on any atom is 0.232 e. The summed E-state index contributed by atoms with van der Waals surface area (Å²) < 4.78 is 0.996. The second-order valence-corrected chi connectivity index (χ2v) is 8.11. The van der Waals surface area contributed by atoms with Gasteiger partial charge in [-0.15, -0.1) is 0 Å². The number of hydrogen-bond acceptors (Lipinski definition) is 2. The molecule has 0 fully saturated rings. The predicted molar refractivity (Wildman–Crippen MR) is 111 cm³/mol. The zero-order valence-corrected chi connectivity index (χ0v) is 17.0. The molecule has 1 heterocycles. The molecule has 3 nitrogen and oxygen atoms in total. The molecule has 2 aromatic rings. The van der Waals surface area contributed by atoms with Crippen molar-refractivity contribution < 1.29 is 9.59 Å². The molecule has 0 saturated heterocycles. The van der Waals surface area contributed by atoms with E-state index in [1.807, 2.05) is 36.4 Å². The van der Waals surface area contributed by atoms with Gasteiger partial charge in [0, 0.05) is 40.2 Å².